The number of amides is 1. The normalized spacial score (nSPS) is 23.6. The number of benzene rings is 1. The van der Waals surface area contributed by atoms with Crippen molar-refractivity contribution in [2.45, 2.75) is 37.0 Å². The Morgan fingerprint density at radius 3 is 2.46 bits per heavy atom. The van der Waals surface area contributed by atoms with Gasteiger partial charge in [-0.3, -0.25) is 4.79 Å². The van der Waals surface area contributed by atoms with Crippen LogP contribution in [0.2, 0.25) is 0 Å². The fourth-order valence-electron chi connectivity index (χ4n) is 3.93. The molecule has 1 aliphatic carbocycles. The molecule has 2 aromatic rings. The summed E-state index contributed by atoms with van der Waals surface area (Å²) in [6.45, 7) is 1.09. The highest BCUT2D eigenvalue weighted by atomic mass is 32.1. The Balaban J connectivity index is 1.52. The maximum absolute atomic E-state index is 13.1. The van der Waals surface area contributed by atoms with Crippen LogP contribution in [0.3, 0.4) is 0 Å². The Kier molecular flexibility index (Phi) is 4.22. The fraction of sp³-hybridized carbons (Fsp3) is 0.474. The number of thiazole rings is 1. The second kappa shape index (κ2) is 6.30. The molecule has 26 heavy (non-hydrogen) atoms. The lowest BCUT2D eigenvalue weighted by atomic mass is 9.70. The van der Waals surface area contributed by atoms with Crippen LogP contribution in [-0.2, 0) is 10.2 Å². The molecule has 1 aliphatic heterocycles. The Hall–Kier alpha value is -2.02. The SMILES string of the molecule is Nc1nc(C2(c3ccccc3)CCN(C(=O)CC3CC3(F)F)CC2)cs1. The minimum absolute atomic E-state index is 0.0466. The topological polar surface area (TPSA) is 59.2 Å². The average Bonchev–Trinajstić information content (AvgIpc) is 3.02. The van der Waals surface area contributed by atoms with Crippen LogP contribution in [0.15, 0.2) is 35.7 Å². The maximum atomic E-state index is 13.1. The van der Waals surface area contributed by atoms with E-state index in [4.69, 9.17) is 5.73 Å². The van der Waals surface area contributed by atoms with Gasteiger partial charge in [0.15, 0.2) is 5.13 Å². The van der Waals surface area contributed by atoms with Crippen LogP contribution in [0.1, 0.15) is 36.9 Å². The van der Waals surface area contributed by atoms with Crippen LogP contribution in [-0.4, -0.2) is 34.8 Å². The molecule has 138 valence electrons. The van der Waals surface area contributed by atoms with Crippen molar-refractivity contribution in [1.82, 2.24) is 9.88 Å². The predicted octanol–water partition coefficient (Wildman–Crippen LogP) is 3.68. The molecule has 1 saturated carbocycles. The van der Waals surface area contributed by atoms with Gasteiger partial charge in [-0.25, -0.2) is 13.8 Å². The van der Waals surface area contributed by atoms with Gasteiger partial charge >= 0.3 is 0 Å². The molecule has 0 spiro atoms. The number of nitrogens with two attached hydrogens (primary N) is 1. The van der Waals surface area contributed by atoms with Gasteiger partial charge in [-0.2, -0.15) is 0 Å². The second-order valence-corrected chi connectivity index (χ2v) is 8.16. The van der Waals surface area contributed by atoms with Crippen LogP contribution >= 0.6 is 11.3 Å². The molecule has 4 nitrogen and oxygen atoms in total. The number of carbonyl (C=O) groups excluding carboxylic acids is 1. The molecule has 1 aromatic heterocycles. The van der Waals surface area contributed by atoms with Crippen LogP contribution in [0.4, 0.5) is 13.9 Å². The number of piperidine rings is 1. The molecule has 2 fully saturated rings. The van der Waals surface area contributed by atoms with E-state index in [0.717, 1.165) is 11.3 Å². The number of hydrogen-bond acceptors (Lipinski definition) is 4. The number of hydrogen-bond donors (Lipinski definition) is 1. The number of anilines is 1. The number of aromatic nitrogens is 1. The average molecular weight is 377 g/mol. The molecule has 0 radical (unpaired) electrons. The second-order valence-electron chi connectivity index (χ2n) is 7.27. The lowest BCUT2D eigenvalue weighted by Crippen LogP contribution is -2.46. The first-order valence-corrected chi connectivity index (χ1v) is 9.71. The highest BCUT2D eigenvalue weighted by Crippen LogP contribution is 2.51. The van der Waals surface area contributed by atoms with E-state index in [0.29, 0.717) is 31.1 Å². The fourth-order valence-corrected chi connectivity index (χ4v) is 4.59. The smallest absolute Gasteiger partial charge is 0.252 e. The van der Waals surface area contributed by atoms with E-state index in [1.54, 1.807) is 4.90 Å². The summed E-state index contributed by atoms with van der Waals surface area (Å²) in [5.41, 5.74) is 7.67. The molecule has 0 bridgehead atoms. The Bertz CT molecular complexity index is 800. The molecular formula is C19H21F2N3OS. The molecule has 1 saturated heterocycles. The molecule has 1 atom stereocenters. The van der Waals surface area contributed by atoms with Gasteiger partial charge in [0.05, 0.1) is 5.69 Å². The minimum Gasteiger partial charge on any atom is -0.375 e. The largest absolute Gasteiger partial charge is 0.375 e. The number of halogens is 2. The van der Waals surface area contributed by atoms with Crippen molar-refractivity contribution in [1.29, 1.82) is 0 Å². The van der Waals surface area contributed by atoms with Crippen molar-refractivity contribution in [3.63, 3.8) is 0 Å². The summed E-state index contributed by atoms with van der Waals surface area (Å²) in [5.74, 6) is -3.57. The molecule has 2 aliphatic rings. The number of alkyl halides is 2. The van der Waals surface area contributed by atoms with E-state index < -0.39 is 11.8 Å². The number of rotatable bonds is 4. The molecular weight excluding hydrogens is 356 g/mol. The van der Waals surface area contributed by atoms with Crippen LogP contribution in [0.25, 0.3) is 0 Å². The highest BCUT2D eigenvalue weighted by Gasteiger charge is 2.57. The number of likely N-dealkylation sites (tertiary alicyclic amines) is 1. The van der Waals surface area contributed by atoms with Gasteiger partial charge in [0, 0.05) is 42.6 Å². The predicted molar refractivity (Wildman–Crippen MR) is 97.2 cm³/mol. The summed E-state index contributed by atoms with van der Waals surface area (Å²) in [6, 6.07) is 10.1. The van der Waals surface area contributed by atoms with Gasteiger partial charge in [-0.1, -0.05) is 30.3 Å². The summed E-state index contributed by atoms with van der Waals surface area (Å²) in [6.07, 6.45) is 1.23. The molecule has 2 heterocycles. The highest BCUT2D eigenvalue weighted by molar-refractivity contribution is 7.13. The van der Waals surface area contributed by atoms with Crippen molar-refractivity contribution >= 4 is 22.4 Å². The van der Waals surface area contributed by atoms with Crippen molar-refractivity contribution in [3.05, 3.63) is 47.0 Å². The minimum atomic E-state index is -2.64. The van der Waals surface area contributed by atoms with Crippen molar-refractivity contribution < 1.29 is 13.6 Å². The van der Waals surface area contributed by atoms with Gasteiger partial charge in [-0.15, -0.1) is 11.3 Å². The number of nitrogens with zero attached hydrogens (tertiary/aromatic N) is 2. The van der Waals surface area contributed by atoms with E-state index in [1.807, 2.05) is 23.6 Å². The molecule has 1 amide bonds. The molecule has 1 aromatic carbocycles. The zero-order valence-corrected chi connectivity index (χ0v) is 15.1. The van der Waals surface area contributed by atoms with Crippen LogP contribution in [0.5, 0.6) is 0 Å². The van der Waals surface area contributed by atoms with Gasteiger partial charge in [0.2, 0.25) is 5.91 Å². The van der Waals surface area contributed by atoms with Crippen molar-refractivity contribution in [3.8, 4) is 0 Å². The third kappa shape index (κ3) is 3.09. The number of nitrogen functional groups attached to an aromatic ring is 1. The summed E-state index contributed by atoms with van der Waals surface area (Å²) in [5, 5.41) is 2.52. The van der Waals surface area contributed by atoms with Gasteiger partial charge in [0.1, 0.15) is 0 Å². The Labute approximate surface area is 155 Å². The summed E-state index contributed by atoms with van der Waals surface area (Å²) in [4.78, 5) is 18.6. The first kappa shape index (κ1) is 17.4. The lowest BCUT2D eigenvalue weighted by molar-refractivity contribution is -0.133. The summed E-state index contributed by atoms with van der Waals surface area (Å²) >= 11 is 1.42. The van der Waals surface area contributed by atoms with Gasteiger partial charge in [-0.05, 0) is 18.4 Å². The molecule has 1 unspecified atom stereocenters. The van der Waals surface area contributed by atoms with Gasteiger partial charge < -0.3 is 10.6 Å². The van der Waals surface area contributed by atoms with E-state index in [-0.39, 0.29) is 24.2 Å². The van der Waals surface area contributed by atoms with Crippen LogP contribution in [0, 0.1) is 5.92 Å². The van der Waals surface area contributed by atoms with E-state index in [9.17, 15) is 13.6 Å². The quantitative estimate of drug-likeness (QED) is 0.884. The first-order valence-electron chi connectivity index (χ1n) is 8.83. The van der Waals surface area contributed by atoms with Crippen molar-refractivity contribution in [2.24, 2.45) is 5.92 Å². The van der Waals surface area contributed by atoms with E-state index in [2.05, 4.69) is 17.1 Å². The molecule has 7 heteroatoms. The van der Waals surface area contributed by atoms with Crippen LogP contribution < -0.4 is 5.73 Å². The van der Waals surface area contributed by atoms with E-state index >= 15 is 0 Å². The zero-order valence-electron chi connectivity index (χ0n) is 14.3. The maximum Gasteiger partial charge on any atom is 0.252 e. The molecule has 2 N–H and O–H groups in total. The number of carbonyl (C=O) groups is 1. The standard InChI is InChI=1S/C19H21F2N3OS/c20-19(21)11-14(19)10-16(25)24-8-6-18(7-9-24,13-4-2-1-3-5-13)15-12-26-17(22)23-15/h1-5,12,14H,6-11H2,(H2,22,23). The third-order valence-electron chi connectivity index (χ3n) is 5.69. The summed E-state index contributed by atoms with van der Waals surface area (Å²) < 4.78 is 26.2. The lowest BCUT2D eigenvalue weighted by Gasteiger charge is -2.41. The third-order valence-corrected chi connectivity index (χ3v) is 6.36. The summed E-state index contributed by atoms with van der Waals surface area (Å²) in [7, 11) is 0. The van der Waals surface area contributed by atoms with E-state index in [1.165, 1.54) is 11.3 Å². The first-order chi connectivity index (χ1) is 12.4. The van der Waals surface area contributed by atoms with Crippen molar-refractivity contribution in [2.75, 3.05) is 18.8 Å². The Morgan fingerprint density at radius 1 is 1.27 bits per heavy atom. The monoisotopic (exact) mass is 377 g/mol. The Morgan fingerprint density at radius 2 is 1.92 bits per heavy atom. The molecule has 4 rings (SSSR count). The zero-order chi connectivity index (χ0) is 18.4. The van der Waals surface area contributed by atoms with Gasteiger partial charge in [0.25, 0.3) is 5.92 Å².